The van der Waals surface area contributed by atoms with Crippen LogP contribution in [0.2, 0.25) is 0 Å². The largest absolute Gasteiger partial charge is 0.368 e. The number of aromatic nitrogens is 4. The SMILES string of the molecule is CC1NN=CC1c1ccc2nc(Nc3cc(N4CCN(c5ccccn5)CC4)ccn3)sc2n1. The lowest BCUT2D eigenvalue weighted by molar-refractivity contribution is 0.584. The highest BCUT2D eigenvalue weighted by Gasteiger charge is 2.23. The molecule has 0 amide bonds. The summed E-state index contributed by atoms with van der Waals surface area (Å²) in [6.07, 6.45) is 5.62. The Labute approximate surface area is 201 Å². The van der Waals surface area contributed by atoms with Crippen LogP contribution >= 0.6 is 11.3 Å². The molecule has 4 aromatic rings. The molecular weight excluding hydrogens is 446 g/mol. The summed E-state index contributed by atoms with van der Waals surface area (Å²) in [6, 6.07) is 14.5. The number of pyridine rings is 3. The van der Waals surface area contributed by atoms with Crippen LogP contribution in [0.5, 0.6) is 0 Å². The van der Waals surface area contributed by atoms with E-state index in [2.05, 4.69) is 60.7 Å². The molecule has 1 saturated heterocycles. The van der Waals surface area contributed by atoms with Crippen LogP contribution < -0.4 is 20.5 Å². The van der Waals surface area contributed by atoms with Gasteiger partial charge in [0.2, 0.25) is 0 Å². The summed E-state index contributed by atoms with van der Waals surface area (Å²) in [4.78, 5) is 24.2. The Morgan fingerprint density at radius 2 is 1.85 bits per heavy atom. The predicted octanol–water partition coefficient (Wildman–Crippen LogP) is 3.61. The van der Waals surface area contributed by atoms with Gasteiger partial charge in [-0.2, -0.15) is 5.10 Å². The summed E-state index contributed by atoms with van der Waals surface area (Å²) in [5.41, 5.74) is 6.13. The molecule has 2 aliphatic rings. The van der Waals surface area contributed by atoms with Crippen LogP contribution in [0, 0.1) is 0 Å². The average Bonchev–Trinajstić information content (AvgIpc) is 3.49. The van der Waals surface area contributed by atoms with E-state index in [1.807, 2.05) is 42.9 Å². The zero-order valence-corrected chi connectivity index (χ0v) is 19.6. The molecule has 2 atom stereocenters. The van der Waals surface area contributed by atoms with Crippen molar-refractivity contribution in [1.82, 2.24) is 25.4 Å². The van der Waals surface area contributed by atoms with Crippen LogP contribution in [0.25, 0.3) is 10.3 Å². The van der Waals surface area contributed by atoms with E-state index in [1.54, 1.807) is 11.3 Å². The maximum Gasteiger partial charge on any atom is 0.190 e. The Morgan fingerprint density at radius 3 is 2.65 bits per heavy atom. The number of anilines is 4. The first kappa shape index (κ1) is 20.8. The third kappa shape index (κ3) is 4.12. The van der Waals surface area contributed by atoms with Gasteiger partial charge in [0.15, 0.2) is 5.13 Å². The smallest absolute Gasteiger partial charge is 0.190 e. The first-order chi connectivity index (χ1) is 16.7. The number of piperazine rings is 1. The maximum atomic E-state index is 4.84. The van der Waals surface area contributed by atoms with Crippen molar-refractivity contribution in [1.29, 1.82) is 0 Å². The second-order valence-electron chi connectivity index (χ2n) is 8.49. The predicted molar refractivity (Wildman–Crippen MR) is 137 cm³/mol. The summed E-state index contributed by atoms with van der Waals surface area (Å²) >= 11 is 1.54. The zero-order valence-electron chi connectivity index (χ0n) is 18.8. The molecule has 0 aromatic carbocycles. The number of hydrazone groups is 1. The fraction of sp³-hybridized carbons (Fsp3) is 0.292. The molecule has 2 N–H and O–H groups in total. The fourth-order valence-corrected chi connectivity index (χ4v) is 5.23. The highest BCUT2D eigenvalue weighted by molar-refractivity contribution is 7.21. The van der Waals surface area contributed by atoms with E-state index in [0.29, 0.717) is 0 Å². The summed E-state index contributed by atoms with van der Waals surface area (Å²) in [5, 5.41) is 8.34. The standard InChI is InChI=1S/C24H25N9S/c1-16-18(15-27-31-16)19-5-6-20-23(28-19)34-24(29-20)30-21-14-17(7-9-25-21)32-10-12-33(13-11-32)22-4-2-3-8-26-22/h2-9,14-16,18,31H,10-13H2,1H3,(H,25,29,30). The summed E-state index contributed by atoms with van der Waals surface area (Å²) in [5.74, 6) is 2.00. The van der Waals surface area contributed by atoms with Gasteiger partial charge in [0.1, 0.15) is 22.0 Å². The molecule has 0 spiro atoms. The van der Waals surface area contributed by atoms with Crippen molar-refractivity contribution in [2.45, 2.75) is 18.9 Å². The molecule has 9 nitrogen and oxygen atoms in total. The minimum absolute atomic E-state index is 0.180. The highest BCUT2D eigenvalue weighted by atomic mass is 32.1. The zero-order chi connectivity index (χ0) is 22.9. The van der Waals surface area contributed by atoms with Gasteiger partial charge in [0.25, 0.3) is 0 Å². The van der Waals surface area contributed by atoms with Gasteiger partial charge >= 0.3 is 0 Å². The van der Waals surface area contributed by atoms with Crippen LogP contribution in [0.4, 0.5) is 22.5 Å². The van der Waals surface area contributed by atoms with Crippen molar-refractivity contribution in [3.63, 3.8) is 0 Å². The van der Waals surface area contributed by atoms with Crippen LogP contribution in [0.3, 0.4) is 0 Å². The van der Waals surface area contributed by atoms with E-state index in [1.165, 1.54) is 0 Å². The molecule has 0 radical (unpaired) electrons. The van der Waals surface area contributed by atoms with Gasteiger partial charge in [-0.3, -0.25) is 0 Å². The van der Waals surface area contributed by atoms with Crippen molar-refractivity contribution < 1.29 is 0 Å². The van der Waals surface area contributed by atoms with E-state index in [9.17, 15) is 0 Å². The third-order valence-corrected chi connectivity index (χ3v) is 7.15. The second kappa shape index (κ2) is 8.86. The van der Waals surface area contributed by atoms with Crippen molar-refractivity contribution in [3.8, 4) is 0 Å². The molecule has 6 rings (SSSR count). The Morgan fingerprint density at radius 1 is 0.971 bits per heavy atom. The molecular formula is C24H25N9S. The Bertz CT molecular complexity index is 1310. The van der Waals surface area contributed by atoms with Gasteiger partial charge in [-0.1, -0.05) is 17.4 Å². The van der Waals surface area contributed by atoms with Gasteiger partial charge in [-0.25, -0.2) is 19.9 Å². The van der Waals surface area contributed by atoms with Crippen molar-refractivity contribution in [2.24, 2.45) is 5.10 Å². The van der Waals surface area contributed by atoms with Crippen LogP contribution in [-0.2, 0) is 0 Å². The maximum absolute atomic E-state index is 4.84. The number of hydrogen-bond acceptors (Lipinski definition) is 10. The fourth-order valence-electron chi connectivity index (χ4n) is 4.38. The lowest BCUT2D eigenvalue weighted by Gasteiger charge is -2.36. The first-order valence-electron chi connectivity index (χ1n) is 11.4. The Kier molecular flexibility index (Phi) is 5.42. The number of rotatable bonds is 5. The monoisotopic (exact) mass is 471 g/mol. The minimum Gasteiger partial charge on any atom is -0.368 e. The molecule has 0 bridgehead atoms. The number of thiazole rings is 1. The number of nitrogens with zero attached hydrogens (tertiary/aromatic N) is 7. The van der Waals surface area contributed by atoms with E-state index >= 15 is 0 Å². The molecule has 0 aliphatic carbocycles. The van der Waals surface area contributed by atoms with Crippen LogP contribution in [0.15, 0.2) is 60.0 Å². The van der Waals surface area contributed by atoms with E-state index < -0.39 is 0 Å². The minimum atomic E-state index is 0.180. The normalized spacial score (nSPS) is 20.0. The topological polar surface area (TPSA) is 94.5 Å². The summed E-state index contributed by atoms with van der Waals surface area (Å²) in [6.45, 7) is 5.86. The molecule has 1 fully saturated rings. The van der Waals surface area contributed by atoms with Crippen molar-refractivity contribution in [2.75, 3.05) is 41.3 Å². The van der Waals surface area contributed by atoms with Gasteiger partial charge in [0.05, 0.1) is 17.7 Å². The molecule has 10 heteroatoms. The lowest BCUT2D eigenvalue weighted by atomic mass is 10.00. The quantitative estimate of drug-likeness (QED) is 0.456. The van der Waals surface area contributed by atoms with E-state index in [4.69, 9.17) is 9.97 Å². The molecule has 6 heterocycles. The molecule has 34 heavy (non-hydrogen) atoms. The highest BCUT2D eigenvalue weighted by Crippen LogP contribution is 2.30. The molecule has 2 unspecified atom stereocenters. The molecule has 2 aliphatic heterocycles. The van der Waals surface area contributed by atoms with Gasteiger partial charge in [-0.15, -0.1) is 0 Å². The summed E-state index contributed by atoms with van der Waals surface area (Å²) < 4.78 is 0. The molecule has 172 valence electrons. The van der Waals surface area contributed by atoms with E-state index in [-0.39, 0.29) is 12.0 Å². The molecule has 4 aromatic heterocycles. The van der Waals surface area contributed by atoms with Gasteiger partial charge in [-0.05, 0) is 37.3 Å². The summed E-state index contributed by atoms with van der Waals surface area (Å²) in [7, 11) is 0. The van der Waals surface area contributed by atoms with Crippen LogP contribution in [0.1, 0.15) is 18.5 Å². The lowest BCUT2D eigenvalue weighted by Crippen LogP contribution is -2.46. The first-order valence-corrected chi connectivity index (χ1v) is 12.2. The van der Waals surface area contributed by atoms with Gasteiger partial charge in [0, 0.05) is 56.5 Å². The average molecular weight is 472 g/mol. The number of nitrogens with one attached hydrogen (secondary N) is 2. The third-order valence-electron chi connectivity index (χ3n) is 6.27. The molecule has 0 saturated carbocycles. The van der Waals surface area contributed by atoms with Gasteiger partial charge < -0.3 is 20.5 Å². The number of fused-ring (bicyclic) bond motifs is 1. The Balaban J connectivity index is 1.15. The van der Waals surface area contributed by atoms with E-state index in [0.717, 1.165) is 64.7 Å². The van der Waals surface area contributed by atoms with Crippen LogP contribution in [-0.4, -0.2) is 58.4 Å². The number of hydrogen-bond donors (Lipinski definition) is 2. The Hall–Kier alpha value is -3.79. The second-order valence-corrected chi connectivity index (χ2v) is 9.46. The van der Waals surface area contributed by atoms with Crippen molar-refractivity contribution in [3.05, 3.63) is 60.6 Å². The van der Waals surface area contributed by atoms with Crippen molar-refractivity contribution >= 4 is 50.4 Å².